The van der Waals surface area contributed by atoms with Crippen molar-refractivity contribution in [2.45, 2.75) is 141 Å². The highest BCUT2D eigenvalue weighted by atomic mass is 16.7. The van der Waals surface area contributed by atoms with Crippen LogP contribution in [-0.4, -0.2) is 89.0 Å². The molecule has 45 heavy (non-hydrogen) atoms. The van der Waals surface area contributed by atoms with Crippen molar-refractivity contribution in [1.82, 2.24) is 0 Å². The fraction of sp³-hybridized carbons (Fsp3) is 0.714. The van der Waals surface area contributed by atoms with E-state index in [0.717, 1.165) is 64.2 Å². The fourth-order valence-electron chi connectivity index (χ4n) is 4.53. The van der Waals surface area contributed by atoms with E-state index in [1.54, 1.807) is 0 Å². The van der Waals surface area contributed by atoms with E-state index in [-0.39, 0.29) is 26.1 Å². The molecule has 258 valence electrons. The molecule has 0 aromatic rings. The van der Waals surface area contributed by atoms with Crippen LogP contribution in [0.4, 0.5) is 0 Å². The Kier molecular flexibility index (Phi) is 24.3. The zero-order chi connectivity index (χ0) is 33.1. The van der Waals surface area contributed by atoms with Gasteiger partial charge in [0, 0.05) is 12.8 Å². The summed E-state index contributed by atoms with van der Waals surface area (Å²) in [6.45, 7) is 3.05. The first kappa shape index (κ1) is 40.7. The van der Waals surface area contributed by atoms with E-state index in [4.69, 9.17) is 18.9 Å². The van der Waals surface area contributed by atoms with Crippen LogP contribution in [0.3, 0.4) is 0 Å². The smallest absolute Gasteiger partial charge is 0.306 e. The SMILES string of the molecule is CC/C=C\C/C=C\C/C=C\C/C=C\CCCCCCC(=O)OC(COC(=O)CCCCC)COC1OC(CO)C(O)C(O)C1O. The molecule has 1 saturated heterocycles. The maximum absolute atomic E-state index is 12.5. The largest absolute Gasteiger partial charge is 0.462 e. The molecule has 1 heterocycles. The van der Waals surface area contributed by atoms with Crippen LogP contribution >= 0.6 is 0 Å². The molecule has 1 aliphatic rings. The molecule has 0 aromatic carbocycles. The highest BCUT2D eigenvalue weighted by molar-refractivity contribution is 5.70. The van der Waals surface area contributed by atoms with Gasteiger partial charge in [-0.3, -0.25) is 9.59 Å². The van der Waals surface area contributed by atoms with E-state index >= 15 is 0 Å². The van der Waals surface area contributed by atoms with Gasteiger partial charge in [-0.05, 0) is 51.4 Å². The van der Waals surface area contributed by atoms with Gasteiger partial charge in [0.2, 0.25) is 0 Å². The molecule has 0 spiro atoms. The number of unbranched alkanes of at least 4 members (excludes halogenated alkanes) is 6. The topological polar surface area (TPSA) is 152 Å². The number of carbonyl (C=O) groups is 2. The number of rotatable bonds is 25. The lowest BCUT2D eigenvalue weighted by molar-refractivity contribution is -0.305. The zero-order valence-corrected chi connectivity index (χ0v) is 27.3. The first-order valence-corrected chi connectivity index (χ1v) is 16.7. The predicted molar refractivity (Wildman–Crippen MR) is 173 cm³/mol. The summed E-state index contributed by atoms with van der Waals surface area (Å²) in [5.41, 5.74) is 0. The second kappa shape index (κ2) is 26.8. The van der Waals surface area contributed by atoms with E-state index < -0.39 is 55.4 Å². The Morgan fingerprint density at radius 3 is 1.96 bits per heavy atom. The Morgan fingerprint density at radius 2 is 1.31 bits per heavy atom. The van der Waals surface area contributed by atoms with Crippen molar-refractivity contribution in [3.8, 4) is 0 Å². The molecule has 10 heteroatoms. The normalized spacial score (nSPS) is 23.0. The molecule has 10 nitrogen and oxygen atoms in total. The van der Waals surface area contributed by atoms with E-state index in [9.17, 15) is 30.0 Å². The lowest BCUT2D eigenvalue weighted by atomic mass is 9.99. The maximum Gasteiger partial charge on any atom is 0.306 e. The van der Waals surface area contributed by atoms with Crippen molar-refractivity contribution in [2.75, 3.05) is 19.8 Å². The minimum atomic E-state index is -1.60. The number of allylic oxidation sites excluding steroid dienone is 8. The van der Waals surface area contributed by atoms with Gasteiger partial charge in [0.1, 0.15) is 31.0 Å². The van der Waals surface area contributed by atoms with Crippen LogP contribution in [0.15, 0.2) is 48.6 Å². The number of ether oxygens (including phenoxy) is 4. The average Bonchev–Trinajstić information content (AvgIpc) is 3.03. The first-order chi connectivity index (χ1) is 21.8. The Morgan fingerprint density at radius 1 is 0.711 bits per heavy atom. The van der Waals surface area contributed by atoms with Crippen LogP contribution in [0.1, 0.15) is 104 Å². The van der Waals surface area contributed by atoms with Crippen molar-refractivity contribution >= 4 is 11.9 Å². The molecule has 1 fully saturated rings. The van der Waals surface area contributed by atoms with Gasteiger partial charge in [0.25, 0.3) is 0 Å². The lowest BCUT2D eigenvalue weighted by Crippen LogP contribution is -2.59. The number of aliphatic hydroxyl groups excluding tert-OH is 4. The van der Waals surface area contributed by atoms with Crippen LogP contribution in [0, 0.1) is 0 Å². The first-order valence-electron chi connectivity index (χ1n) is 16.7. The zero-order valence-electron chi connectivity index (χ0n) is 27.3. The summed E-state index contributed by atoms with van der Waals surface area (Å²) >= 11 is 0. The second-order valence-electron chi connectivity index (χ2n) is 11.2. The van der Waals surface area contributed by atoms with Gasteiger partial charge in [-0.25, -0.2) is 0 Å². The van der Waals surface area contributed by atoms with Crippen molar-refractivity contribution in [3.63, 3.8) is 0 Å². The van der Waals surface area contributed by atoms with E-state index in [2.05, 4.69) is 55.5 Å². The third-order valence-electron chi connectivity index (χ3n) is 7.23. The van der Waals surface area contributed by atoms with Crippen molar-refractivity contribution < 1.29 is 49.0 Å². The lowest BCUT2D eigenvalue weighted by Gasteiger charge is -2.39. The van der Waals surface area contributed by atoms with Crippen molar-refractivity contribution in [2.24, 2.45) is 0 Å². The quantitative estimate of drug-likeness (QED) is 0.0612. The summed E-state index contributed by atoms with van der Waals surface area (Å²) in [5.74, 6) is -0.871. The summed E-state index contributed by atoms with van der Waals surface area (Å²) in [6, 6.07) is 0. The Bertz CT molecular complexity index is 882. The highest BCUT2D eigenvalue weighted by Gasteiger charge is 2.44. The molecule has 0 radical (unpaired) electrons. The van der Waals surface area contributed by atoms with Crippen LogP contribution in [-0.2, 0) is 28.5 Å². The van der Waals surface area contributed by atoms with Gasteiger partial charge < -0.3 is 39.4 Å². The minimum Gasteiger partial charge on any atom is -0.462 e. The van der Waals surface area contributed by atoms with E-state index in [1.807, 2.05) is 6.92 Å². The third kappa shape index (κ3) is 19.7. The number of aliphatic hydroxyl groups is 4. The summed E-state index contributed by atoms with van der Waals surface area (Å²) in [6.07, 6.45) is 20.7. The van der Waals surface area contributed by atoms with Gasteiger partial charge in [0.15, 0.2) is 12.4 Å². The third-order valence-corrected chi connectivity index (χ3v) is 7.23. The van der Waals surface area contributed by atoms with Crippen molar-refractivity contribution in [1.29, 1.82) is 0 Å². The highest BCUT2D eigenvalue weighted by Crippen LogP contribution is 2.22. The molecule has 0 aromatic heterocycles. The number of hydrogen-bond acceptors (Lipinski definition) is 10. The average molecular weight is 639 g/mol. The number of hydrogen-bond donors (Lipinski definition) is 4. The monoisotopic (exact) mass is 638 g/mol. The molecule has 1 rings (SSSR count). The van der Waals surface area contributed by atoms with Gasteiger partial charge >= 0.3 is 11.9 Å². The summed E-state index contributed by atoms with van der Waals surface area (Å²) in [4.78, 5) is 24.7. The molecule has 4 N–H and O–H groups in total. The van der Waals surface area contributed by atoms with Crippen LogP contribution in [0.25, 0.3) is 0 Å². The van der Waals surface area contributed by atoms with Crippen molar-refractivity contribution in [3.05, 3.63) is 48.6 Å². The van der Waals surface area contributed by atoms with Gasteiger partial charge in [0.05, 0.1) is 13.2 Å². The molecular weight excluding hydrogens is 580 g/mol. The molecular formula is C35H58O10. The maximum atomic E-state index is 12.5. The minimum absolute atomic E-state index is 0.199. The van der Waals surface area contributed by atoms with Crippen LogP contribution in [0.2, 0.25) is 0 Å². The van der Waals surface area contributed by atoms with E-state index in [1.165, 1.54) is 0 Å². The molecule has 6 unspecified atom stereocenters. The van der Waals surface area contributed by atoms with E-state index in [0.29, 0.717) is 12.8 Å². The summed E-state index contributed by atoms with van der Waals surface area (Å²) < 4.78 is 21.7. The second-order valence-corrected chi connectivity index (χ2v) is 11.2. The standard InChI is InChI=1S/C35H58O10/c1-3-5-7-8-9-10-11-12-13-14-15-16-17-18-19-20-22-24-31(38)44-28(26-42-30(37)23-21-6-4-2)27-43-35-34(41)33(40)32(39)29(25-36)45-35/h5,7,9-10,12-13,15-16,28-29,32-36,39-41H,3-4,6,8,11,14,17-27H2,1-2H3/b7-5-,10-9-,13-12-,16-15-. The molecule has 0 amide bonds. The molecule has 0 aliphatic carbocycles. The Hall–Kier alpha value is -2.34. The van der Waals surface area contributed by atoms with Crippen LogP contribution in [0.5, 0.6) is 0 Å². The number of esters is 2. The molecule has 0 saturated carbocycles. The summed E-state index contributed by atoms with van der Waals surface area (Å²) in [5, 5.41) is 39.6. The fourth-order valence-corrected chi connectivity index (χ4v) is 4.53. The molecule has 6 atom stereocenters. The number of carbonyl (C=O) groups excluding carboxylic acids is 2. The Balaban J connectivity index is 2.37. The summed E-state index contributed by atoms with van der Waals surface area (Å²) in [7, 11) is 0. The Labute approximate surface area is 269 Å². The molecule has 1 aliphatic heterocycles. The van der Waals surface area contributed by atoms with Gasteiger partial charge in [-0.1, -0.05) is 88.1 Å². The van der Waals surface area contributed by atoms with Gasteiger partial charge in [-0.2, -0.15) is 0 Å². The van der Waals surface area contributed by atoms with Crippen LogP contribution < -0.4 is 0 Å². The molecule has 0 bridgehead atoms. The predicted octanol–water partition coefficient (Wildman–Crippen LogP) is 4.98. The van der Waals surface area contributed by atoms with Gasteiger partial charge in [-0.15, -0.1) is 0 Å².